The highest BCUT2D eigenvalue weighted by Gasteiger charge is 2.46. The largest absolute Gasteiger partial charge is 0.506 e. The Labute approximate surface area is 211 Å². The quantitative estimate of drug-likeness (QED) is 0.305. The van der Waals surface area contributed by atoms with Crippen molar-refractivity contribution in [1.29, 1.82) is 0 Å². The minimum Gasteiger partial charge on any atom is -0.506 e. The maximum atomic E-state index is 13.7. The Balaban J connectivity index is 1.74. The van der Waals surface area contributed by atoms with Gasteiger partial charge in [0.25, 0.3) is 0 Å². The van der Waals surface area contributed by atoms with Gasteiger partial charge in [-0.05, 0) is 57.9 Å². The van der Waals surface area contributed by atoms with Crippen molar-refractivity contribution < 1.29 is 28.5 Å². The molecular formula is C26H29N3O6S. The second-order valence-corrected chi connectivity index (χ2v) is 11.5. The average molecular weight is 512 g/mol. The number of aliphatic hydroxyl groups excluding tert-OH is 1. The summed E-state index contributed by atoms with van der Waals surface area (Å²) in [5.74, 6) is -0.875. The number of hydrogen-bond acceptors (Lipinski definition) is 8. The third-order valence-electron chi connectivity index (χ3n) is 5.92. The van der Waals surface area contributed by atoms with E-state index in [-0.39, 0.29) is 33.4 Å². The Bertz CT molecular complexity index is 1340. The van der Waals surface area contributed by atoms with Gasteiger partial charge in [0, 0.05) is 11.3 Å². The first-order valence-corrected chi connectivity index (χ1v) is 12.8. The Morgan fingerprint density at radius 3 is 2.61 bits per heavy atom. The van der Waals surface area contributed by atoms with Gasteiger partial charge in [-0.1, -0.05) is 41.1 Å². The molecule has 2 aromatic rings. The maximum Gasteiger partial charge on any atom is 0.412 e. The number of carbonyl (C=O) groups is 2. The van der Waals surface area contributed by atoms with Crippen LogP contribution < -0.4 is 10.6 Å². The molecule has 5 N–H and O–H groups in total. The number of benzene rings is 2. The predicted octanol–water partition coefficient (Wildman–Crippen LogP) is 6.27. The Morgan fingerprint density at radius 1 is 1.25 bits per heavy atom. The molecule has 2 aliphatic rings. The van der Waals surface area contributed by atoms with Crippen LogP contribution in [-0.4, -0.2) is 37.5 Å². The highest BCUT2D eigenvalue weighted by atomic mass is 32.3. The zero-order valence-corrected chi connectivity index (χ0v) is 21.3. The van der Waals surface area contributed by atoms with Crippen molar-refractivity contribution in [3.8, 4) is 0 Å². The fraction of sp³-hybridized carbons (Fsp3) is 0.269. The van der Waals surface area contributed by atoms with Gasteiger partial charge in [-0.3, -0.25) is 19.2 Å². The lowest BCUT2D eigenvalue weighted by atomic mass is 9.67. The number of ether oxygens (including phenoxy) is 1. The molecule has 4 rings (SSSR count). The summed E-state index contributed by atoms with van der Waals surface area (Å²) in [6, 6.07) is 11.4. The fourth-order valence-corrected chi connectivity index (χ4v) is 5.50. The van der Waals surface area contributed by atoms with Crippen molar-refractivity contribution in [3.63, 3.8) is 0 Å². The van der Waals surface area contributed by atoms with E-state index in [0.29, 0.717) is 17.5 Å². The molecule has 0 radical (unpaired) electrons. The number of anilines is 2. The lowest BCUT2D eigenvalue weighted by molar-refractivity contribution is -0.120. The second-order valence-electron chi connectivity index (χ2n) is 9.84. The molecular weight excluding hydrogens is 482 g/mol. The van der Waals surface area contributed by atoms with Gasteiger partial charge in [0.15, 0.2) is 11.6 Å². The molecule has 0 saturated carbocycles. The smallest absolute Gasteiger partial charge is 0.412 e. The van der Waals surface area contributed by atoms with Gasteiger partial charge in [-0.2, -0.15) is 0 Å². The number of ketones is 1. The number of fused-ring (bicyclic) bond motifs is 2. The van der Waals surface area contributed by atoms with Crippen LogP contribution in [-0.2, 0) is 14.9 Å². The van der Waals surface area contributed by atoms with Crippen LogP contribution in [0, 0.1) is 0 Å². The van der Waals surface area contributed by atoms with E-state index in [4.69, 9.17) is 4.74 Å². The first kappa shape index (κ1) is 25.5. The molecule has 10 heteroatoms. The zero-order valence-electron chi connectivity index (χ0n) is 20.5. The van der Waals surface area contributed by atoms with Crippen molar-refractivity contribution >= 4 is 45.6 Å². The Kier molecular flexibility index (Phi) is 6.24. The fourth-order valence-electron chi connectivity index (χ4n) is 4.31. The summed E-state index contributed by atoms with van der Waals surface area (Å²) in [6.45, 7) is 10.7. The molecule has 1 heterocycles. The third kappa shape index (κ3) is 4.50. The number of aliphatic hydroxyl groups is 1. The molecule has 0 spiro atoms. The molecule has 1 unspecified atom stereocenters. The number of carbonyl (C=O) groups excluding carboxylic acids is 2. The van der Waals surface area contributed by atoms with E-state index < -0.39 is 33.7 Å². The average Bonchev–Trinajstić information content (AvgIpc) is 2.77. The summed E-state index contributed by atoms with van der Waals surface area (Å²) in [6.07, 6.45) is 1.24. The highest BCUT2D eigenvalue weighted by Crippen LogP contribution is 2.57. The highest BCUT2D eigenvalue weighted by molar-refractivity contribution is 8.23. The summed E-state index contributed by atoms with van der Waals surface area (Å²) >= 11 is 0. The lowest BCUT2D eigenvalue weighted by Crippen LogP contribution is -2.41. The van der Waals surface area contributed by atoms with Crippen LogP contribution in [0.25, 0.3) is 5.76 Å². The van der Waals surface area contributed by atoms with E-state index in [9.17, 15) is 23.8 Å². The van der Waals surface area contributed by atoms with E-state index in [1.54, 1.807) is 64.1 Å². The van der Waals surface area contributed by atoms with Crippen LogP contribution in [0.3, 0.4) is 0 Å². The molecule has 36 heavy (non-hydrogen) atoms. The minimum atomic E-state index is -3.79. The van der Waals surface area contributed by atoms with Crippen molar-refractivity contribution in [2.24, 2.45) is 4.40 Å². The van der Waals surface area contributed by atoms with Crippen LogP contribution in [0.15, 0.2) is 70.0 Å². The lowest BCUT2D eigenvalue weighted by Gasteiger charge is -2.38. The molecule has 1 aliphatic heterocycles. The Morgan fingerprint density at radius 2 is 1.94 bits per heavy atom. The van der Waals surface area contributed by atoms with Crippen LogP contribution in [0.2, 0.25) is 0 Å². The number of allylic oxidation sites excluding steroid dienone is 1. The Hall–Kier alpha value is -3.60. The third-order valence-corrected chi connectivity index (χ3v) is 7.29. The van der Waals surface area contributed by atoms with E-state index in [1.165, 1.54) is 12.1 Å². The maximum absolute atomic E-state index is 13.7. The van der Waals surface area contributed by atoms with Crippen molar-refractivity contribution in [2.45, 2.75) is 50.0 Å². The number of amides is 1. The SMILES string of the molecule is C=CCC1(C)C(=O)C(C2=NS(O)(O)c3cc(NC(=O)OC(C)(C)C)ccc3N2)=C(O)c2ccccc21. The van der Waals surface area contributed by atoms with E-state index >= 15 is 0 Å². The summed E-state index contributed by atoms with van der Waals surface area (Å²) in [4.78, 5) is 25.9. The van der Waals surface area contributed by atoms with Crippen molar-refractivity contribution in [3.05, 3.63) is 71.8 Å². The van der Waals surface area contributed by atoms with Gasteiger partial charge in [0.05, 0.1) is 11.1 Å². The first-order chi connectivity index (χ1) is 16.8. The minimum absolute atomic E-state index is 0.0254. The van der Waals surface area contributed by atoms with Crippen LogP contribution in [0.1, 0.15) is 45.2 Å². The number of nitrogens with zero attached hydrogens (tertiary/aromatic N) is 1. The molecule has 0 aromatic heterocycles. The summed E-state index contributed by atoms with van der Waals surface area (Å²) in [5, 5.41) is 16.6. The number of amidine groups is 1. The van der Waals surface area contributed by atoms with E-state index in [0.717, 1.165) is 0 Å². The number of Topliss-reactive ketones (excluding diaryl/α,β-unsaturated/α-hetero) is 1. The predicted molar refractivity (Wildman–Crippen MR) is 142 cm³/mol. The molecule has 1 atom stereocenters. The van der Waals surface area contributed by atoms with Gasteiger partial charge in [0.1, 0.15) is 21.8 Å². The van der Waals surface area contributed by atoms with Gasteiger partial charge < -0.3 is 15.2 Å². The molecule has 1 amide bonds. The van der Waals surface area contributed by atoms with Gasteiger partial charge in [-0.25, -0.2) is 4.79 Å². The number of nitrogens with one attached hydrogen (secondary N) is 2. The van der Waals surface area contributed by atoms with Crippen LogP contribution in [0.5, 0.6) is 0 Å². The molecule has 2 aromatic carbocycles. The molecule has 9 nitrogen and oxygen atoms in total. The topological polar surface area (TPSA) is 140 Å². The number of hydrogen-bond donors (Lipinski definition) is 5. The van der Waals surface area contributed by atoms with Gasteiger partial charge in [-0.15, -0.1) is 11.0 Å². The van der Waals surface area contributed by atoms with Gasteiger partial charge >= 0.3 is 6.09 Å². The molecule has 0 bridgehead atoms. The second kappa shape index (κ2) is 8.81. The molecule has 1 aliphatic carbocycles. The monoisotopic (exact) mass is 511 g/mol. The normalized spacial score (nSPS) is 21.4. The summed E-state index contributed by atoms with van der Waals surface area (Å²) in [5.41, 5.74) is -0.228. The first-order valence-electron chi connectivity index (χ1n) is 11.3. The molecule has 190 valence electrons. The van der Waals surface area contributed by atoms with E-state index in [1.807, 2.05) is 0 Å². The van der Waals surface area contributed by atoms with Crippen LogP contribution >= 0.6 is 10.8 Å². The number of rotatable bonds is 4. The summed E-state index contributed by atoms with van der Waals surface area (Å²) in [7, 11) is -3.79. The van der Waals surface area contributed by atoms with Crippen molar-refractivity contribution in [2.75, 3.05) is 10.6 Å². The van der Waals surface area contributed by atoms with Crippen LogP contribution in [0.4, 0.5) is 16.2 Å². The zero-order chi connectivity index (χ0) is 26.5. The van der Waals surface area contributed by atoms with E-state index in [2.05, 4.69) is 21.6 Å². The van der Waals surface area contributed by atoms with Crippen molar-refractivity contribution in [1.82, 2.24) is 0 Å². The standard InChI is InChI=1S/C26H29N3O6S/c1-6-13-26(5)17-10-8-7-9-16(17)21(30)20(22(26)31)23-28-18-12-11-15(14-19(18)36(33,34)29-23)27-24(32)35-25(2,3)4/h6-12,14,30,33-34H,1,13H2,2-5H3,(H,27,32)(H,28,29). The summed E-state index contributed by atoms with van der Waals surface area (Å²) < 4.78 is 31.1. The molecule has 0 saturated heterocycles. The van der Waals surface area contributed by atoms with Gasteiger partial charge in [0.2, 0.25) is 0 Å². The molecule has 0 fully saturated rings.